The van der Waals surface area contributed by atoms with Crippen molar-refractivity contribution in [2.75, 3.05) is 6.54 Å². The number of aliphatic carboxylic acids is 1. The normalized spacial score (nSPS) is 46.4. The van der Waals surface area contributed by atoms with Gasteiger partial charge in [0.25, 0.3) is 0 Å². The van der Waals surface area contributed by atoms with Crippen molar-refractivity contribution in [1.29, 1.82) is 0 Å². The number of carboxylic acid groups (broad SMARTS) is 1. The van der Waals surface area contributed by atoms with E-state index in [4.69, 9.17) is 4.74 Å². The Balaban J connectivity index is 1.28. The smallest absolute Gasteiger partial charge is 0.322 e. The van der Waals surface area contributed by atoms with Crippen molar-refractivity contribution in [3.8, 4) is 0 Å². The third-order valence-electron chi connectivity index (χ3n) is 16.1. The molecule has 1 amide bonds. The predicted octanol–water partition coefficient (Wildman–Crippen LogP) is 8.03. The number of rotatable bonds is 6. The Hall–Kier alpha value is -1.59. The van der Waals surface area contributed by atoms with Crippen molar-refractivity contribution in [3.05, 3.63) is 0 Å². The van der Waals surface area contributed by atoms with Gasteiger partial charge in [-0.05, 0) is 129 Å². The van der Waals surface area contributed by atoms with Crippen molar-refractivity contribution >= 4 is 17.8 Å². The van der Waals surface area contributed by atoms with Gasteiger partial charge in [0.2, 0.25) is 5.91 Å². The van der Waals surface area contributed by atoms with E-state index >= 15 is 0 Å². The van der Waals surface area contributed by atoms with Crippen LogP contribution in [0.4, 0.5) is 0 Å². The Morgan fingerprint density at radius 2 is 1.50 bits per heavy atom. The highest BCUT2D eigenvalue weighted by Gasteiger charge is 2.72. The lowest BCUT2D eigenvalue weighted by atomic mass is 9.32. The maximum absolute atomic E-state index is 13.9. The number of ether oxygens (including phenoxy) is 1. The molecule has 10 atom stereocenters. The van der Waals surface area contributed by atoms with Crippen LogP contribution in [-0.4, -0.2) is 35.6 Å². The average Bonchev–Trinajstić information content (AvgIpc) is 3.63. The molecule has 44 heavy (non-hydrogen) atoms. The number of carboxylic acids is 1. The molecule has 6 rings (SSSR count). The van der Waals surface area contributed by atoms with Crippen molar-refractivity contribution < 1.29 is 24.2 Å². The Kier molecular flexibility index (Phi) is 8.09. The van der Waals surface area contributed by atoms with E-state index in [-0.39, 0.29) is 52.1 Å². The number of esters is 1. The predicted molar refractivity (Wildman–Crippen MR) is 171 cm³/mol. The zero-order valence-electron chi connectivity index (χ0n) is 28.8. The zero-order valence-corrected chi connectivity index (χ0v) is 28.8. The molecule has 0 spiro atoms. The SMILES string of the molecule is CC(C)[C@@H]1CC[C@]2(C(=O)NCC(=O)O)CC[C@]3(C)[C@H](CC[C@@H]4[C@@]5(C)CC[C@@H](OC(=O)C6CCCC6)C(C)(C)[C@@H]5CC[C@]43C)[C@@H]12. The summed E-state index contributed by atoms with van der Waals surface area (Å²) in [5.41, 5.74) is 0.0822. The molecule has 2 N–H and O–H groups in total. The fraction of sp³-hybridized carbons (Fsp3) is 0.921. The van der Waals surface area contributed by atoms with Gasteiger partial charge in [0.15, 0.2) is 0 Å². The van der Waals surface area contributed by atoms with Crippen LogP contribution >= 0.6 is 0 Å². The third kappa shape index (κ3) is 4.55. The summed E-state index contributed by atoms with van der Waals surface area (Å²) < 4.78 is 6.39. The average molecular weight is 612 g/mol. The number of hydrogen-bond donors (Lipinski definition) is 2. The van der Waals surface area contributed by atoms with Gasteiger partial charge in [0, 0.05) is 5.41 Å². The second kappa shape index (κ2) is 11.0. The first-order chi connectivity index (χ1) is 20.6. The van der Waals surface area contributed by atoms with Crippen LogP contribution < -0.4 is 5.32 Å². The molecule has 6 aliphatic rings. The largest absolute Gasteiger partial charge is 0.480 e. The van der Waals surface area contributed by atoms with Crippen LogP contribution in [0.1, 0.15) is 138 Å². The summed E-state index contributed by atoms with van der Waals surface area (Å²) in [6, 6.07) is 0. The molecule has 0 unspecified atom stereocenters. The number of fused-ring (bicyclic) bond motifs is 7. The lowest BCUT2D eigenvalue weighted by molar-refractivity contribution is -0.250. The Morgan fingerprint density at radius 3 is 2.16 bits per heavy atom. The van der Waals surface area contributed by atoms with Crippen molar-refractivity contribution in [1.82, 2.24) is 5.32 Å². The van der Waals surface area contributed by atoms with Crippen molar-refractivity contribution in [2.45, 2.75) is 144 Å². The maximum atomic E-state index is 13.9. The second-order valence-electron chi connectivity index (χ2n) is 18.1. The number of hydrogen-bond acceptors (Lipinski definition) is 4. The van der Waals surface area contributed by atoms with Gasteiger partial charge >= 0.3 is 11.9 Å². The van der Waals surface area contributed by atoms with Gasteiger partial charge in [0.05, 0.1) is 11.3 Å². The number of carbonyl (C=O) groups is 3. The first kappa shape index (κ1) is 32.4. The topological polar surface area (TPSA) is 92.7 Å². The fourth-order valence-electron chi connectivity index (χ4n) is 13.7. The highest BCUT2D eigenvalue weighted by atomic mass is 16.5. The van der Waals surface area contributed by atoms with Gasteiger partial charge in [-0.1, -0.05) is 61.3 Å². The van der Waals surface area contributed by atoms with Crippen LogP contribution in [0.3, 0.4) is 0 Å². The van der Waals surface area contributed by atoms with Crippen LogP contribution in [0.15, 0.2) is 0 Å². The molecule has 0 aromatic rings. The lowest BCUT2D eigenvalue weighted by Crippen LogP contribution is -2.67. The zero-order chi connectivity index (χ0) is 31.9. The summed E-state index contributed by atoms with van der Waals surface area (Å²) in [6.45, 7) is 17.0. The minimum atomic E-state index is -0.964. The Labute approximate surface area is 266 Å². The molecule has 248 valence electrons. The number of amides is 1. The molecule has 0 aromatic heterocycles. The highest BCUT2D eigenvalue weighted by molar-refractivity contribution is 5.86. The molecule has 6 fully saturated rings. The number of nitrogens with one attached hydrogen (secondary N) is 1. The third-order valence-corrected chi connectivity index (χ3v) is 16.1. The van der Waals surface area contributed by atoms with Crippen LogP contribution in [-0.2, 0) is 19.1 Å². The lowest BCUT2D eigenvalue weighted by Gasteiger charge is -2.73. The molecule has 0 bridgehead atoms. The minimum Gasteiger partial charge on any atom is -0.480 e. The molecule has 0 aromatic carbocycles. The van der Waals surface area contributed by atoms with Gasteiger partial charge in [-0.15, -0.1) is 0 Å². The molecule has 0 saturated heterocycles. The van der Waals surface area contributed by atoms with E-state index in [1.165, 1.54) is 25.7 Å². The first-order valence-electron chi connectivity index (χ1n) is 18.3. The molecule has 6 aliphatic carbocycles. The molecule has 0 heterocycles. The summed E-state index contributed by atoms with van der Waals surface area (Å²) >= 11 is 0. The molecule has 6 nitrogen and oxygen atoms in total. The quantitative estimate of drug-likeness (QED) is 0.297. The van der Waals surface area contributed by atoms with E-state index in [2.05, 4.69) is 53.8 Å². The van der Waals surface area contributed by atoms with Gasteiger partial charge in [0.1, 0.15) is 12.6 Å². The molecular weight excluding hydrogens is 550 g/mol. The van der Waals surface area contributed by atoms with Crippen LogP contribution in [0, 0.1) is 68.5 Å². The maximum Gasteiger partial charge on any atom is 0.322 e. The monoisotopic (exact) mass is 611 g/mol. The van der Waals surface area contributed by atoms with E-state index in [0.717, 1.165) is 64.2 Å². The second-order valence-corrected chi connectivity index (χ2v) is 18.1. The van der Waals surface area contributed by atoms with Crippen LogP contribution in [0.25, 0.3) is 0 Å². The van der Waals surface area contributed by atoms with Gasteiger partial charge in [-0.25, -0.2) is 0 Å². The Morgan fingerprint density at radius 1 is 0.795 bits per heavy atom. The summed E-state index contributed by atoms with van der Waals surface area (Å²) in [6.07, 6.45) is 15.1. The van der Waals surface area contributed by atoms with Gasteiger partial charge < -0.3 is 15.2 Å². The summed E-state index contributed by atoms with van der Waals surface area (Å²) in [7, 11) is 0. The Bertz CT molecular complexity index is 1160. The standard InChI is InChI=1S/C38H61NO5/c1-23(2)25-14-19-38(33(43)39-22-30(40)41)21-20-36(6)26(31(25)38)12-13-28-35(5)17-16-29(44-32(42)24-10-8-9-11-24)34(3,4)27(35)15-18-37(28,36)7/h23-29,31H,8-22H2,1-7H3,(H,39,43)(H,40,41)/t25-,26+,27-,28+,29+,31+,35-,36+,37+,38-/m0/s1. The number of carbonyl (C=O) groups excluding carboxylic acids is 2. The summed E-state index contributed by atoms with van der Waals surface area (Å²) in [5, 5.41) is 12.2. The van der Waals surface area contributed by atoms with E-state index in [0.29, 0.717) is 35.5 Å². The molecule has 0 radical (unpaired) electrons. The molecule has 6 saturated carbocycles. The highest BCUT2D eigenvalue weighted by Crippen LogP contribution is 2.77. The van der Waals surface area contributed by atoms with Crippen molar-refractivity contribution in [2.24, 2.45) is 68.5 Å². The van der Waals surface area contributed by atoms with E-state index < -0.39 is 11.4 Å². The molecule has 0 aliphatic heterocycles. The van der Waals surface area contributed by atoms with Crippen LogP contribution in [0.5, 0.6) is 0 Å². The summed E-state index contributed by atoms with van der Waals surface area (Å²) in [5.74, 6) is 2.19. The van der Waals surface area contributed by atoms with E-state index in [1.807, 2.05) is 0 Å². The van der Waals surface area contributed by atoms with Gasteiger partial charge in [-0.2, -0.15) is 0 Å². The minimum absolute atomic E-state index is 0.00488. The van der Waals surface area contributed by atoms with Gasteiger partial charge in [-0.3, -0.25) is 14.4 Å². The van der Waals surface area contributed by atoms with Crippen LogP contribution in [0.2, 0.25) is 0 Å². The molecule has 6 heteroatoms. The summed E-state index contributed by atoms with van der Waals surface area (Å²) in [4.78, 5) is 38.5. The first-order valence-corrected chi connectivity index (χ1v) is 18.3. The molecular formula is C38H61NO5. The van der Waals surface area contributed by atoms with E-state index in [9.17, 15) is 19.5 Å². The van der Waals surface area contributed by atoms with Crippen molar-refractivity contribution in [3.63, 3.8) is 0 Å². The van der Waals surface area contributed by atoms with E-state index in [1.54, 1.807) is 0 Å². The fourth-order valence-corrected chi connectivity index (χ4v) is 13.7.